The summed E-state index contributed by atoms with van der Waals surface area (Å²) in [6, 6.07) is 11.1. The van der Waals surface area contributed by atoms with E-state index in [0.29, 0.717) is 18.9 Å². The molecule has 146 valence electrons. The summed E-state index contributed by atoms with van der Waals surface area (Å²) in [5, 5.41) is 22.8. The van der Waals surface area contributed by atoms with Crippen molar-refractivity contribution in [2.75, 3.05) is 6.61 Å². The Kier molecular flexibility index (Phi) is 4.48. The first kappa shape index (κ1) is 17.6. The molecular formula is C20H22N4O4. The maximum atomic E-state index is 11.0. The summed E-state index contributed by atoms with van der Waals surface area (Å²) in [6.45, 7) is 2.82. The van der Waals surface area contributed by atoms with Crippen molar-refractivity contribution in [2.24, 2.45) is 0 Å². The van der Waals surface area contributed by atoms with Crippen molar-refractivity contribution < 1.29 is 19.1 Å². The number of benzene rings is 1. The third-order valence-corrected chi connectivity index (χ3v) is 5.31. The van der Waals surface area contributed by atoms with Crippen molar-refractivity contribution >= 4 is 0 Å². The molecule has 2 N–H and O–H groups in total. The maximum Gasteiger partial charge on any atom is 0.183 e. The van der Waals surface area contributed by atoms with Gasteiger partial charge >= 0.3 is 0 Å². The highest BCUT2D eigenvalue weighted by Crippen LogP contribution is 2.35. The monoisotopic (exact) mass is 382 g/mol. The average molecular weight is 382 g/mol. The lowest BCUT2D eigenvalue weighted by molar-refractivity contribution is -0.168. The third kappa shape index (κ3) is 3.14. The molecule has 2 aromatic heterocycles. The first-order valence-corrected chi connectivity index (χ1v) is 9.39. The van der Waals surface area contributed by atoms with E-state index in [1.807, 2.05) is 49.5 Å². The van der Waals surface area contributed by atoms with E-state index in [4.69, 9.17) is 14.0 Å². The summed E-state index contributed by atoms with van der Waals surface area (Å²) in [4.78, 5) is 0. The van der Waals surface area contributed by atoms with Crippen LogP contribution in [0, 0.1) is 6.92 Å². The van der Waals surface area contributed by atoms with Crippen molar-refractivity contribution in [3.8, 4) is 11.3 Å². The molecule has 2 bridgehead atoms. The number of aliphatic hydroxyl groups is 1. The molecule has 2 aliphatic heterocycles. The summed E-state index contributed by atoms with van der Waals surface area (Å²) < 4.78 is 18.9. The fourth-order valence-corrected chi connectivity index (χ4v) is 3.89. The van der Waals surface area contributed by atoms with E-state index in [-0.39, 0.29) is 12.1 Å². The van der Waals surface area contributed by atoms with Gasteiger partial charge in [-0.3, -0.25) is 4.68 Å². The number of rotatable bonds is 5. The van der Waals surface area contributed by atoms with Gasteiger partial charge in [0.2, 0.25) is 0 Å². The van der Waals surface area contributed by atoms with Crippen LogP contribution in [0.1, 0.15) is 17.4 Å². The van der Waals surface area contributed by atoms with E-state index in [1.54, 1.807) is 10.9 Å². The second kappa shape index (κ2) is 7.14. The number of fused-ring (bicyclic) bond motifs is 2. The van der Waals surface area contributed by atoms with Gasteiger partial charge in [-0.2, -0.15) is 5.10 Å². The van der Waals surface area contributed by atoms with Gasteiger partial charge in [-0.25, -0.2) is 0 Å². The highest BCUT2D eigenvalue weighted by molar-refractivity contribution is 5.58. The molecule has 0 amide bonds. The molecule has 0 unspecified atom stereocenters. The molecule has 0 saturated carbocycles. The normalized spacial score (nSPS) is 29.3. The molecule has 8 heteroatoms. The van der Waals surface area contributed by atoms with Crippen LogP contribution in [0.4, 0.5) is 0 Å². The minimum absolute atomic E-state index is 0.218. The van der Waals surface area contributed by atoms with Crippen molar-refractivity contribution in [3.63, 3.8) is 0 Å². The van der Waals surface area contributed by atoms with E-state index in [9.17, 15) is 5.11 Å². The van der Waals surface area contributed by atoms with Gasteiger partial charge in [0, 0.05) is 17.8 Å². The smallest absolute Gasteiger partial charge is 0.183 e. The minimum Gasteiger partial charge on any atom is -0.389 e. The zero-order valence-electron chi connectivity index (χ0n) is 15.4. The Morgan fingerprint density at radius 3 is 2.93 bits per heavy atom. The quantitative estimate of drug-likeness (QED) is 0.693. The lowest BCUT2D eigenvalue weighted by atomic mass is 9.96. The Morgan fingerprint density at radius 1 is 1.29 bits per heavy atom. The summed E-state index contributed by atoms with van der Waals surface area (Å²) in [5.74, 6) is 0.693. The Balaban J connectivity index is 1.30. The average Bonchev–Trinajstić information content (AvgIpc) is 3.44. The number of ether oxygens (including phenoxy) is 2. The van der Waals surface area contributed by atoms with Crippen LogP contribution in [0.2, 0.25) is 0 Å². The maximum absolute atomic E-state index is 11.0. The van der Waals surface area contributed by atoms with Gasteiger partial charge < -0.3 is 24.4 Å². The van der Waals surface area contributed by atoms with Crippen LogP contribution in [-0.4, -0.2) is 51.2 Å². The Labute approximate surface area is 162 Å². The Hall–Kier alpha value is -2.52. The molecular weight excluding hydrogens is 360 g/mol. The van der Waals surface area contributed by atoms with Crippen molar-refractivity contribution in [1.82, 2.24) is 20.3 Å². The van der Waals surface area contributed by atoms with Gasteiger partial charge in [0.1, 0.15) is 17.8 Å². The molecule has 5 rings (SSSR count). The standard InChI is InChI=1S/C20H22N4O4/c1-12-8-22-24(10-12)18-19(25)17(16-11-26-20(18)27-16)21-9-14-7-15(23-28-14)13-5-3-2-4-6-13/h2-8,10,16-21,25H,9,11H2,1H3/t16-,17-,18-,19+,20-/m1/s1. The van der Waals surface area contributed by atoms with Gasteiger partial charge in [-0.05, 0) is 12.5 Å². The molecule has 1 aromatic carbocycles. The van der Waals surface area contributed by atoms with E-state index in [1.165, 1.54) is 0 Å². The molecule has 8 nitrogen and oxygen atoms in total. The highest BCUT2D eigenvalue weighted by Gasteiger charge is 2.51. The van der Waals surface area contributed by atoms with E-state index < -0.39 is 18.4 Å². The topological polar surface area (TPSA) is 94.6 Å². The van der Waals surface area contributed by atoms with Crippen LogP contribution in [0.15, 0.2) is 53.3 Å². The summed E-state index contributed by atoms with van der Waals surface area (Å²) in [5.41, 5.74) is 2.80. The second-order valence-electron chi connectivity index (χ2n) is 7.31. The molecule has 2 aliphatic rings. The number of hydrogen-bond acceptors (Lipinski definition) is 7. The SMILES string of the molecule is Cc1cnn([C@H]2[C@@H]3OC[C@@H](O3)[C@@H](NCc3cc(-c4ccccc4)no3)[C@@H]2O)c1. The van der Waals surface area contributed by atoms with Crippen LogP contribution in [0.3, 0.4) is 0 Å². The Bertz CT molecular complexity index is 941. The van der Waals surface area contributed by atoms with E-state index in [2.05, 4.69) is 15.6 Å². The molecule has 5 atom stereocenters. The van der Waals surface area contributed by atoms with Gasteiger partial charge in [-0.15, -0.1) is 0 Å². The molecule has 3 aromatic rings. The third-order valence-electron chi connectivity index (χ3n) is 5.31. The van der Waals surface area contributed by atoms with Gasteiger partial charge in [-0.1, -0.05) is 35.5 Å². The summed E-state index contributed by atoms with van der Waals surface area (Å²) in [7, 11) is 0. The predicted octanol–water partition coefficient (Wildman–Crippen LogP) is 1.66. The van der Waals surface area contributed by atoms with Gasteiger partial charge in [0.25, 0.3) is 0 Å². The molecule has 0 radical (unpaired) electrons. The van der Waals surface area contributed by atoms with Crippen molar-refractivity contribution in [1.29, 1.82) is 0 Å². The summed E-state index contributed by atoms with van der Waals surface area (Å²) in [6.07, 6.45) is 2.23. The molecule has 0 spiro atoms. The lowest BCUT2D eigenvalue weighted by Crippen LogP contribution is -2.57. The van der Waals surface area contributed by atoms with Crippen LogP contribution in [0.5, 0.6) is 0 Å². The van der Waals surface area contributed by atoms with Crippen molar-refractivity contribution in [2.45, 2.75) is 44.1 Å². The number of aromatic nitrogens is 3. The number of nitrogens with zero attached hydrogens (tertiary/aromatic N) is 3. The number of nitrogens with one attached hydrogen (secondary N) is 1. The van der Waals surface area contributed by atoms with Crippen LogP contribution >= 0.6 is 0 Å². The first-order valence-electron chi connectivity index (χ1n) is 9.39. The minimum atomic E-state index is -0.706. The van der Waals surface area contributed by atoms with E-state index in [0.717, 1.165) is 16.8 Å². The molecule has 28 heavy (non-hydrogen) atoms. The zero-order valence-corrected chi connectivity index (χ0v) is 15.4. The number of aliphatic hydroxyl groups excluding tert-OH is 1. The second-order valence-corrected chi connectivity index (χ2v) is 7.31. The molecule has 2 fully saturated rings. The molecule has 4 heterocycles. The first-order chi connectivity index (χ1) is 13.7. The highest BCUT2D eigenvalue weighted by atomic mass is 16.7. The fraction of sp³-hybridized carbons (Fsp3) is 0.400. The largest absolute Gasteiger partial charge is 0.389 e. The van der Waals surface area contributed by atoms with Crippen LogP contribution < -0.4 is 5.32 Å². The zero-order chi connectivity index (χ0) is 19.1. The van der Waals surface area contributed by atoms with E-state index >= 15 is 0 Å². The predicted molar refractivity (Wildman–Crippen MR) is 99.2 cm³/mol. The van der Waals surface area contributed by atoms with Crippen LogP contribution in [0.25, 0.3) is 11.3 Å². The Morgan fingerprint density at radius 2 is 2.14 bits per heavy atom. The van der Waals surface area contributed by atoms with Gasteiger partial charge in [0.05, 0.1) is 31.5 Å². The fourth-order valence-electron chi connectivity index (χ4n) is 3.89. The lowest BCUT2D eigenvalue weighted by Gasteiger charge is -2.38. The number of hydrogen-bond donors (Lipinski definition) is 2. The van der Waals surface area contributed by atoms with Crippen molar-refractivity contribution in [3.05, 3.63) is 60.1 Å². The molecule has 0 aliphatic carbocycles. The number of aryl methyl sites for hydroxylation is 1. The van der Waals surface area contributed by atoms with Crippen LogP contribution in [-0.2, 0) is 16.0 Å². The van der Waals surface area contributed by atoms with Gasteiger partial charge in [0.15, 0.2) is 12.1 Å². The molecule has 2 saturated heterocycles. The summed E-state index contributed by atoms with van der Waals surface area (Å²) >= 11 is 0.